The highest BCUT2D eigenvalue weighted by Crippen LogP contribution is 2.40. The van der Waals surface area contributed by atoms with Crippen LogP contribution in [0, 0.1) is 12.3 Å². The zero-order valence-electron chi connectivity index (χ0n) is 43.7. The summed E-state index contributed by atoms with van der Waals surface area (Å²) in [5.74, 6) is 0.193. The Labute approximate surface area is 437 Å². The van der Waals surface area contributed by atoms with Gasteiger partial charge in [0.05, 0.1) is 67.6 Å². The molecule has 6 N–H and O–H groups in total. The number of carbonyl (C=O) groups excluding carboxylic acids is 5. The number of ether oxygens (including phenoxy) is 3. The minimum absolute atomic E-state index is 0.00514. The summed E-state index contributed by atoms with van der Waals surface area (Å²) in [5.41, 5.74) is 5.72. The molecule has 3 aliphatic rings. The Morgan fingerprint density at radius 3 is 2.35 bits per heavy atom. The quantitative estimate of drug-likeness (QED) is 0.0521. The molecule has 2 fully saturated rings. The van der Waals surface area contributed by atoms with Gasteiger partial charge in [-0.25, -0.2) is 9.97 Å². The predicted octanol–water partition coefficient (Wildman–Crippen LogP) is 4.72. The van der Waals surface area contributed by atoms with Crippen LogP contribution in [0.5, 0.6) is 5.75 Å². The van der Waals surface area contributed by atoms with Crippen LogP contribution >= 0.6 is 11.3 Å². The number of hydrogen-bond acceptors (Lipinski definition) is 16. The molecule has 0 bridgehead atoms. The van der Waals surface area contributed by atoms with Crippen LogP contribution in [-0.2, 0) is 35.2 Å². The molecule has 0 radical (unpaired) electrons. The van der Waals surface area contributed by atoms with Crippen LogP contribution in [0.4, 0.5) is 23.1 Å². The number of anilines is 4. The number of aryl methyl sites for hydroxylation is 1. The fourth-order valence-electron chi connectivity index (χ4n) is 9.65. The number of likely N-dealkylation sites (tertiary alicyclic amines) is 1. The van der Waals surface area contributed by atoms with Gasteiger partial charge >= 0.3 is 0 Å². The zero-order valence-corrected chi connectivity index (χ0v) is 44.5. The summed E-state index contributed by atoms with van der Waals surface area (Å²) >= 11 is 1.57. The van der Waals surface area contributed by atoms with Crippen LogP contribution < -0.4 is 41.1 Å². The van der Waals surface area contributed by atoms with Gasteiger partial charge in [0, 0.05) is 64.2 Å². The lowest BCUT2D eigenvalue weighted by molar-refractivity contribution is -0.144. The van der Waals surface area contributed by atoms with Crippen molar-refractivity contribution in [2.45, 2.75) is 116 Å². The number of carbonyl (C=O) groups is 5. The van der Waals surface area contributed by atoms with Crippen LogP contribution in [-0.4, -0.2) is 152 Å². The third kappa shape index (κ3) is 13.9. The van der Waals surface area contributed by atoms with E-state index in [2.05, 4.69) is 41.5 Å². The van der Waals surface area contributed by atoms with E-state index in [0.717, 1.165) is 53.2 Å². The van der Waals surface area contributed by atoms with E-state index < -0.39 is 29.5 Å². The SMILES string of the molecule is CC[C@@H]1C(=O)N(C)c2cnc(Nc3ccc(C(=O)NCCOCCOCCNCCC(=O)N[C@H](C(=O)N4C[C@H](O)C[C@H]4C(=O)NCc4ccc(-c5scnc5C)cc4)C(C)(C)C)cc3OC)nc2N1C1CCCC1. The lowest BCUT2D eigenvalue weighted by atomic mass is 9.85. The first-order valence-corrected chi connectivity index (χ1v) is 26.5. The molecule has 4 heterocycles. The summed E-state index contributed by atoms with van der Waals surface area (Å²) < 4.78 is 17.0. The van der Waals surface area contributed by atoms with Crippen molar-refractivity contribution in [1.29, 1.82) is 0 Å². The number of aliphatic hydroxyl groups excluding tert-OH is 1. The normalized spacial score (nSPS) is 18.3. The first kappa shape index (κ1) is 55.5. The molecule has 0 unspecified atom stereocenters. The summed E-state index contributed by atoms with van der Waals surface area (Å²) in [6.07, 6.45) is 6.00. The van der Waals surface area contributed by atoms with Gasteiger partial charge in [-0.05, 0) is 60.9 Å². The molecule has 5 amide bonds. The molecule has 74 heavy (non-hydrogen) atoms. The van der Waals surface area contributed by atoms with E-state index in [0.29, 0.717) is 68.0 Å². The van der Waals surface area contributed by atoms with Crippen LogP contribution in [0.25, 0.3) is 10.4 Å². The second-order valence-corrected chi connectivity index (χ2v) is 20.9. The van der Waals surface area contributed by atoms with Gasteiger partial charge in [-0.1, -0.05) is 64.8 Å². The highest BCUT2D eigenvalue weighted by molar-refractivity contribution is 7.13. The molecular weight excluding hydrogens is 967 g/mol. The van der Waals surface area contributed by atoms with Gasteiger partial charge in [0.25, 0.3) is 5.91 Å². The fourth-order valence-corrected chi connectivity index (χ4v) is 10.5. The number of β-amino-alcohol motifs (C(OH)–C–C–N with tert-alkyl or cyclic N) is 1. The monoisotopic (exact) mass is 1040 g/mol. The highest BCUT2D eigenvalue weighted by Gasteiger charge is 2.45. The van der Waals surface area contributed by atoms with Gasteiger partial charge < -0.3 is 60.6 Å². The molecule has 4 aromatic rings. The van der Waals surface area contributed by atoms with E-state index in [1.54, 1.807) is 47.7 Å². The molecule has 1 saturated carbocycles. The summed E-state index contributed by atoms with van der Waals surface area (Å²) in [4.78, 5) is 87.0. The molecule has 4 atom stereocenters. The molecule has 2 aromatic heterocycles. The minimum atomic E-state index is -0.920. The number of thiazole rings is 1. The number of amides is 5. The highest BCUT2D eigenvalue weighted by atomic mass is 32.1. The van der Waals surface area contributed by atoms with E-state index in [9.17, 15) is 29.1 Å². The Morgan fingerprint density at radius 1 is 0.946 bits per heavy atom. The largest absolute Gasteiger partial charge is 0.495 e. The number of aromatic nitrogens is 3. The maximum atomic E-state index is 14.0. The Bertz CT molecular complexity index is 2570. The number of nitrogens with zero attached hydrogens (tertiary/aromatic N) is 6. The van der Waals surface area contributed by atoms with Gasteiger partial charge in [0.1, 0.15) is 29.6 Å². The van der Waals surface area contributed by atoms with Crippen LogP contribution in [0.1, 0.15) is 94.3 Å². The van der Waals surface area contributed by atoms with Crippen molar-refractivity contribution in [3.05, 3.63) is 71.0 Å². The number of fused-ring (bicyclic) bond motifs is 1. The van der Waals surface area contributed by atoms with Crippen molar-refractivity contribution in [1.82, 2.24) is 41.1 Å². The van der Waals surface area contributed by atoms with Crippen LogP contribution in [0.2, 0.25) is 0 Å². The first-order valence-electron chi connectivity index (χ1n) is 25.6. The molecule has 2 aliphatic heterocycles. The summed E-state index contributed by atoms with van der Waals surface area (Å²) in [7, 11) is 3.30. The average molecular weight is 1040 g/mol. The molecule has 20 nitrogen and oxygen atoms in total. The first-order chi connectivity index (χ1) is 35.6. The summed E-state index contributed by atoms with van der Waals surface area (Å²) in [6, 6.07) is 11.1. The third-order valence-electron chi connectivity index (χ3n) is 13.7. The number of methoxy groups -OCH3 is 1. The maximum absolute atomic E-state index is 14.0. The number of benzene rings is 2. The van der Waals surface area contributed by atoms with Crippen molar-refractivity contribution >= 4 is 64.0 Å². The number of nitrogens with one attached hydrogen (secondary N) is 5. The lowest BCUT2D eigenvalue weighted by Crippen LogP contribution is -2.57. The van der Waals surface area contributed by atoms with Crippen molar-refractivity contribution in [2.24, 2.45) is 5.41 Å². The summed E-state index contributed by atoms with van der Waals surface area (Å²) in [6.45, 7) is 12.2. The Hall–Kier alpha value is -6.26. The van der Waals surface area contributed by atoms with E-state index in [1.165, 1.54) is 12.0 Å². The molecule has 1 aliphatic carbocycles. The number of hydrogen-bond donors (Lipinski definition) is 6. The van der Waals surface area contributed by atoms with Crippen LogP contribution in [0.15, 0.2) is 54.2 Å². The standard InChI is InChI=1S/C53H73N11O9S/c1-8-40-50(69)62(6)42-30-57-52(61-47(42)64(40)37-11-9-10-12-37)59-39-18-17-36(27-43(39)71-7)48(67)55-22-24-73-26-25-72-23-21-54-20-19-44(66)60-46(53(3,4)5)51(70)63-31-38(65)28-41(63)49(68)56-29-34-13-15-35(16-14-34)45-33(2)58-32-74-45/h13-18,27,30,32,37-38,40-41,46,54,65H,8-12,19-26,28-29,31H2,1-7H3,(H,55,67)(H,56,68)(H,60,66)(H,57,59,61)/t38-,40-,41+,46-/m1/s1. The number of rotatable bonds is 24. The molecule has 0 spiro atoms. The van der Waals surface area contributed by atoms with Gasteiger partial charge in [-0.2, -0.15) is 4.98 Å². The predicted molar refractivity (Wildman–Crippen MR) is 284 cm³/mol. The molecular formula is C53H73N11O9S. The van der Waals surface area contributed by atoms with Gasteiger partial charge in [-0.3, -0.25) is 24.0 Å². The van der Waals surface area contributed by atoms with Crippen molar-refractivity contribution < 1.29 is 43.3 Å². The van der Waals surface area contributed by atoms with Crippen molar-refractivity contribution in [3.8, 4) is 16.2 Å². The molecule has 21 heteroatoms. The molecule has 2 aromatic carbocycles. The average Bonchev–Trinajstić information content (AvgIpc) is 4.18. The number of likely N-dealkylation sites (N-methyl/N-ethyl adjacent to an activating group) is 1. The summed E-state index contributed by atoms with van der Waals surface area (Å²) in [5, 5.41) is 25.7. The van der Waals surface area contributed by atoms with Gasteiger partial charge in [-0.15, -0.1) is 11.3 Å². The lowest BCUT2D eigenvalue weighted by Gasteiger charge is -2.43. The molecule has 7 rings (SSSR count). The second-order valence-electron chi connectivity index (χ2n) is 20.0. The Balaban J connectivity index is 0.765. The minimum Gasteiger partial charge on any atom is -0.495 e. The zero-order chi connectivity index (χ0) is 52.9. The smallest absolute Gasteiger partial charge is 0.251 e. The topological polar surface area (TPSA) is 242 Å². The maximum Gasteiger partial charge on any atom is 0.251 e. The van der Waals surface area contributed by atoms with Gasteiger partial charge in [0.2, 0.25) is 29.6 Å². The van der Waals surface area contributed by atoms with Crippen LogP contribution in [0.3, 0.4) is 0 Å². The number of aliphatic hydroxyl groups is 1. The Morgan fingerprint density at radius 2 is 1.68 bits per heavy atom. The van der Waals surface area contributed by atoms with E-state index in [4.69, 9.17) is 19.2 Å². The Kier molecular flexibility index (Phi) is 19.3. The fraction of sp³-hybridized carbons (Fsp3) is 0.547. The van der Waals surface area contributed by atoms with Gasteiger partial charge in [0.15, 0.2) is 5.82 Å². The third-order valence-corrected chi connectivity index (χ3v) is 14.7. The van der Waals surface area contributed by atoms with E-state index in [-0.39, 0.29) is 74.8 Å². The van der Waals surface area contributed by atoms with E-state index in [1.807, 2.05) is 64.4 Å². The molecule has 1 saturated heterocycles. The van der Waals surface area contributed by atoms with Crippen molar-refractivity contribution in [2.75, 3.05) is 81.9 Å². The second kappa shape index (κ2) is 25.8. The van der Waals surface area contributed by atoms with Crippen molar-refractivity contribution in [3.63, 3.8) is 0 Å². The van der Waals surface area contributed by atoms with E-state index >= 15 is 0 Å². The molecule has 400 valence electrons.